The maximum absolute atomic E-state index is 9.01. The summed E-state index contributed by atoms with van der Waals surface area (Å²) in [5, 5.41) is 15.4. The summed E-state index contributed by atoms with van der Waals surface area (Å²) in [5.41, 5.74) is 2.42. The molecule has 0 radical (unpaired) electrons. The first-order valence-electron chi connectivity index (χ1n) is 9.67. The maximum Gasteiger partial charge on any atom is 0.298 e. The van der Waals surface area contributed by atoms with Crippen molar-refractivity contribution >= 4 is 28.5 Å². The third kappa shape index (κ3) is 2.58. The number of nitrogens with zero attached hydrogens (tertiary/aromatic N) is 4. The molecule has 0 amide bonds. The number of thiazole rings is 1. The number of piperidine rings is 1. The second kappa shape index (κ2) is 6.19. The summed E-state index contributed by atoms with van der Waals surface area (Å²) in [6.45, 7) is 1.83. The summed E-state index contributed by atoms with van der Waals surface area (Å²) >= 11 is 1.58. The molecule has 1 aromatic carbocycles. The molecule has 5 heterocycles. The molecule has 7 nitrogen and oxygen atoms in total. The van der Waals surface area contributed by atoms with Gasteiger partial charge in [-0.25, -0.2) is 4.98 Å². The first-order chi connectivity index (χ1) is 13.8. The number of anilines is 1. The normalized spacial score (nSPS) is 28.5. The van der Waals surface area contributed by atoms with Crippen LogP contribution in [0.3, 0.4) is 0 Å². The van der Waals surface area contributed by atoms with Crippen LogP contribution in [0.25, 0.3) is 21.7 Å². The zero-order valence-electron chi connectivity index (χ0n) is 15.2. The molecule has 2 unspecified atom stereocenters. The molecule has 8 heteroatoms. The van der Waals surface area contributed by atoms with Crippen LogP contribution >= 0.6 is 11.3 Å². The zero-order valence-corrected chi connectivity index (χ0v) is 16.0. The van der Waals surface area contributed by atoms with Crippen molar-refractivity contribution in [3.63, 3.8) is 0 Å². The Morgan fingerprint density at radius 3 is 2.79 bits per heavy atom. The minimum absolute atomic E-state index is 0.0746. The van der Waals surface area contributed by atoms with Crippen LogP contribution in [0, 0.1) is 17.2 Å². The number of piperazine rings is 1. The van der Waals surface area contributed by atoms with Gasteiger partial charge in [0.05, 0.1) is 17.6 Å². The molecule has 4 fully saturated rings. The molecule has 142 valence electrons. The van der Waals surface area contributed by atoms with Gasteiger partial charge in [-0.3, -0.25) is 0 Å². The number of benzene rings is 1. The lowest BCUT2D eigenvalue weighted by Crippen LogP contribution is -2.67. The fraction of sp³-hybridized carbons (Fsp3) is 0.450. The molecular formula is C20H19N5O2S. The highest BCUT2D eigenvalue weighted by Crippen LogP contribution is 2.40. The van der Waals surface area contributed by atoms with E-state index < -0.39 is 0 Å². The van der Waals surface area contributed by atoms with Crippen molar-refractivity contribution in [3.05, 3.63) is 23.7 Å². The SMILES string of the molecule is N#CC1CC(Oc2ccc(-c3nccs3)c3oc(N4CC5CC(C4)N5)nc23)C1. The highest BCUT2D eigenvalue weighted by Gasteiger charge is 2.38. The first-order valence-corrected chi connectivity index (χ1v) is 10.6. The van der Waals surface area contributed by atoms with Crippen LogP contribution in [0.5, 0.6) is 5.75 Å². The van der Waals surface area contributed by atoms with Crippen molar-refractivity contribution in [2.45, 2.75) is 37.5 Å². The smallest absolute Gasteiger partial charge is 0.298 e. The van der Waals surface area contributed by atoms with Crippen molar-refractivity contribution in [1.82, 2.24) is 15.3 Å². The van der Waals surface area contributed by atoms with Crippen molar-refractivity contribution in [2.24, 2.45) is 5.92 Å². The van der Waals surface area contributed by atoms with Crippen LogP contribution in [-0.4, -0.2) is 41.2 Å². The number of oxazole rings is 1. The lowest BCUT2D eigenvalue weighted by atomic mass is 9.83. The standard InChI is InChI=1S/C20H19N5O2S/c21-8-11-5-14(6-11)26-16-2-1-15(19-22-3-4-28-19)18-17(16)24-20(27-18)25-9-12-7-13(10-25)23-12/h1-4,11-14,23H,5-7,9-10H2. The largest absolute Gasteiger partial charge is 0.488 e. The van der Waals surface area contributed by atoms with Gasteiger partial charge in [0.15, 0.2) is 11.1 Å². The number of aromatic nitrogens is 2. The minimum atomic E-state index is 0.0746. The molecule has 1 N–H and O–H groups in total. The summed E-state index contributed by atoms with van der Waals surface area (Å²) in [5.74, 6) is 0.836. The maximum atomic E-state index is 9.01. The molecule has 4 aliphatic rings. The average Bonchev–Trinajstić information content (AvgIpc) is 3.34. The lowest BCUT2D eigenvalue weighted by molar-refractivity contribution is 0.0907. The summed E-state index contributed by atoms with van der Waals surface area (Å²) in [6.07, 6.45) is 4.66. The van der Waals surface area contributed by atoms with E-state index in [1.165, 1.54) is 6.42 Å². The van der Waals surface area contributed by atoms with Crippen molar-refractivity contribution in [3.8, 4) is 22.4 Å². The van der Waals surface area contributed by atoms with E-state index in [0.29, 0.717) is 18.1 Å². The van der Waals surface area contributed by atoms with Gasteiger partial charge in [0.1, 0.15) is 16.9 Å². The van der Waals surface area contributed by atoms with E-state index in [0.717, 1.165) is 53.4 Å². The van der Waals surface area contributed by atoms with E-state index in [-0.39, 0.29) is 12.0 Å². The summed E-state index contributed by atoms with van der Waals surface area (Å²) < 4.78 is 12.4. The molecule has 2 bridgehead atoms. The van der Waals surface area contributed by atoms with Gasteiger partial charge < -0.3 is 19.4 Å². The van der Waals surface area contributed by atoms with Crippen molar-refractivity contribution in [2.75, 3.05) is 18.0 Å². The molecule has 28 heavy (non-hydrogen) atoms. The quantitative estimate of drug-likeness (QED) is 0.728. The summed E-state index contributed by atoms with van der Waals surface area (Å²) in [6, 6.07) is 7.98. The Morgan fingerprint density at radius 1 is 1.25 bits per heavy atom. The van der Waals surface area contributed by atoms with E-state index in [9.17, 15) is 0 Å². The Hall–Kier alpha value is -2.63. The molecule has 3 aliphatic heterocycles. The highest BCUT2D eigenvalue weighted by molar-refractivity contribution is 7.13. The number of nitrogens with one attached hydrogen (secondary N) is 1. The number of rotatable bonds is 4. The van der Waals surface area contributed by atoms with Crippen LogP contribution in [0.1, 0.15) is 19.3 Å². The Morgan fingerprint density at radius 2 is 2.07 bits per heavy atom. The average molecular weight is 393 g/mol. The van der Waals surface area contributed by atoms with Gasteiger partial charge in [0.25, 0.3) is 6.01 Å². The van der Waals surface area contributed by atoms with Crippen LogP contribution < -0.4 is 15.0 Å². The van der Waals surface area contributed by atoms with Crippen LogP contribution in [0.2, 0.25) is 0 Å². The summed E-state index contributed by atoms with van der Waals surface area (Å²) in [4.78, 5) is 11.5. The van der Waals surface area contributed by atoms with Gasteiger partial charge >= 0.3 is 0 Å². The monoisotopic (exact) mass is 393 g/mol. The van der Waals surface area contributed by atoms with Gasteiger partial charge in [-0.05, 0) is 18.6 Å². The third-order valence-corrected chi connectivity index (χ3v) is 6.73. The van der Waals surface area contributed by atoms with Crippen molar-refractivity contribution < 1.29 is 9.15 Å². The van der Waals surface area contributed by atoms with E-state index in [1.807, 2.05) is 17.5 Å². The Labute approximate surface area is 165 Å². The van der Waals surface area contributed by atoms with Gasteiger partial charge in [-0.1, -0.05) is 0 Å². The Bertz CT molecular complexity index is 1050. The molecule has 1 saturated carbocycles. The number of hydrogen-bond donors (Lipinski definition) is 1. The predicted octanol–water partition coefficient (Wildman–Crippen LogP) is 3.18. The molecule has 3 saturated heterocycles. The predicted molar refractivity (Wildman–Crippen MR) is 105 cm³/mol. The van der Waals surface area contributed by atoms with E-state index in [1.54, 1.807) is 17.5 Å². The number of ether oxygens (including phenoxy) is 1. The molecular weight excluding hydrogens is 374 g/mol. The molecule has 0 spiro atoms. The highest BCUT2D eigenvalue weighted by atomic mass is 32.1. The lowest BCUT2D eigenvalue weighted by Gasteiger charge is -2.47. The van der Waals surface area contributed by atoms with Gasteiger partial charge in [-0.15, -0.1) is 11.3 Å². The van der Waals surface area contributed by atoms with E-state index >= 15 is 0 Å². The molecule has 2 aromatic heterocycles. The van der Waals surface area contributed by atoms with Gasteiger partial charge in [-0.2, -0.15) is 10.2 Å². The second-order valence-electron chi connectivity index (χ2n) is 7.86. The molecule has 7 rings (SSSR count). The Kier molecular flexibility index (Phi) is 3.61. The van der Waals surface area contributed by atoms with E-state index in [2.05, 4.69) is 21.3 Å². The fourth-order valence-corrected chi connectivity index (χ4v) is 5.00. The Balaban J connectivity index is 1.39. The van der Waals surface area contributed by atoms with Crippen LogP contribution in [-0.2, 0) is 0 Å². The van der Waals surface area contributed by atoms with E-state index in [4.69, 9.17) is 19.4 Å². The number of fused-ring (bicyclic) bond motifs is 3. The zero-order chi connectivity index (χ0) is 18.7. The molecule has 1 aliphatic carbocycles. The third-order valence-electron chi connectivity index (χ3n) is 5.92. The van der Waals surface area contributed by atoms with Gasteiger partial charge in [0, 0.05) is 49.6 Å². The topological polar surface area (TPSA) is 87.2 Å². The minimum Gasteiger partial charge on any atom is -0.488 e. The van der Waals surface area contributed by atoms with Gasteiger partial charge in [0.2, 0.25) is 0 Å². The molecule has 2 atom stereocenters. The van der Waals surface area contributed by atoms with Crippen LogP contribution in [0.15, 0.2) is 28.1 Å². The molecule has 3 aromatic rings. The summed E-state index contributed by atoms with van der Waals surface area (Å²) in [7, 11) is 0. The fourth-order valence-electron chi connectivity index (χ4n) is 4.34. The van der Waals surface area contributed by atoms with Crippen LogP contribution in [0.4, 0.5) is 6.01 Å². The number of nitriles is 1. The number of hydrogen-bond acceptors (Lipinski definition) is 8. The first kappa shape index (κ1) is 16.3. The van der Waals surface area contributed by atoms with Crippen molar-refractivity contribution in [1.29, 1.82) is 5.26 Å². The second-order valence-corrected chi connectivity index (χ2v) is 8.76.